The van der Waals surface area contributed by atoms with Crippen LogP contribution in [0, 0.1) is 0 Å². The summed E-state index contributed by atoms with van der Waals surface area (Å²) >= 11 is 6.03. The Morgan fingerprint density at radius 3 is 2.75 bits per heavy atom. The van der Waals surface area contributed by atoms with Crippen molar-refractivity contribution in [3.63, 3.8) is 0 Å². The van der Waals surface area contributed by atoms with Crippen molar-refractivity contribution in [2.75, 3.05) is 20.1 Å². The molecule has 1 aliphatic rings. The Morgan fingerprint density at radius 2 is 2.15 bits per heavy atom. The highest BCUT2D eigenvalue weighted by atomic mass is 35.5. The number of amides is 1. The highest BCUT2D eigenvalue weighted by molar-refractivity contribution is 6.30. The van der Waals surface area contributed by atoms with E-state index in [0.717, 1.165) is 37.4 Å². The first-order valence-corrected chi connectivity index (χ1v) is 7.21. The van der Waals surface area contributed by atoms with Crippen molar-refractivity contribution in [3.05, 3.63) is 34.9 Å². The summed E-state index contributed by atoms with van der Waals surface area (Å²) in [5, 5.41) is 6.87. The topological polar surface area (TPSA) is 41.1 Å². The quantitative estimate of drug-likeness (QED) is 0.759. The molecule has 5 heteroatoms. The van der Waals surface area contributed by atoms with Gasteiger partial charge < -0.3 is 10.6 Å². The van der Waals surface area contributed by atoms with Crippen molar-refractivity contribution in [1.82, 2.24) is 10.6 Å². The van der Waals surface area contributed by atoms with E-state index in [1.165, 1.54) is 5.56 Å². The number of halogens is 2. The first kappa shape index (κ1) is 17.3. The summed E-state index contributed by atoms with van der Waals surface area (Å²) in [6.45, 7) is 1.61. The van der Waals surface area contributed by atoms with E-state index in [2.05, 4.69) is 16.7 Å². The van der Waals surface area contributed by atoms with Crippen molar-refractivity contribution < 1.29 is 4.79 Å². The van der Waals surface area contributed by atoms with Crippen LogP contribution in [0.3, 0.4) is 0 Å². The lowest BCUT2D eigenvalue weighted by atomic mass is 9.96. The lowest BCUT2D eigenvalue weighted by molar-refractivity contribution is -0.121. The van der Waals surface area contributed by atoms with Crippen LogP contribution in [0.1, 0.15) is 31.2 Å². The smallest absolute Gasteiger partial charge is 0.220 e. The molecule has 0 unspecified atom stereocenters. The van der Waals surface area contributed by atoms with E-state index >= 15 is 0 Å². The molecular weight excluding hydrogens is 295 g/mol. The van der Waals surface area contributed by atoms with Crippen LogP contribution < -0.4 is 10.6 Å². The molecule has 0 aromatic heterocycles. The van der Waals surface area contributed by atoms with Crippen molar-refractivity contribution in [1.29, 1.82) is 0 Å². The molecule has 1 aromatic carbocycles. The number of hydrogen-bond donors (Lipinski definition) is 2. The number of carbonyl (C=O) groups is 1. The van der Waals surface area contributed by atoms with E-state index in [0.29, 0.717) is 6.42 Å². The molecule has 0 heterocycles. The van der Waals surface area contributed by atoms with E-state index in [9.17, 15) is 4.79 Å². The van der Waals surface area contributed by atoms with E-state index in [-0.39, 0.29) is 23.7 Å². The molecule has 1 aliphatic carbocycles. The summed E-state index contributed by atoms with van der Waals surface area (Å²) in [7, 11) is 1.90. The molecule has 1 fully saturated rings. The minimum absolute atomic E-state index is 0. The molecule has 0 saturated heterocycles. The Kier molecular flexibility index (Phi) is 6.80. The van der Waals surface area contributed by atoms with Crippen LogP contribution in [0.25, 0.3) is 0 Å². The first-order chi connectivity index (χ1) is 9.16. The second-order valence-electron chi connectivity index (χ2n) is 5.27. The lowest BCUT2D eigenvalue weighted by Gasteiger charge is -2.17. The van der Waals surface area contributed by atoms with Crippen molar-refractivity contribution in [3.8, 4) is 0 Å². The molecule has 112 valence electrons. The van der Waals surface area contributed by atoms with Gasteiger partial charge in [-0.2, -0.15) is 0 Å². The van der Waals surface area contributed by atoms with Gasteiger partial charge in [-0.1, -0.05) is 23.7 Å². The number of hydrogen-bond acceptors (Lipinski definition) is 2. The predicted molar refractivity (Wildman–Crippen MR) is 85.8 cm³/mol. The fourth-order valence-electron chi connectivity index (χ4n) is 2.32. The molecule has 1 saturated carbocycles. The van der Waals surface area contributed by atoms with Crippen LogP contribution in [0.2, 0.25) is 5.02 Å². The molecule has 0 radical (unpaired) electrons. The lowest BCUT2D eigenvalue weighted by Crippen LogP contribution is -2.32. The molecule has 2 rings (SSSR count). The SMILES string of the molecule is CNCCCC(=O)NCC1(c2cccc(Cl)c2)CC1.Cl. The van der Waals surface area contributed by atoms with E-state index in [1.54, 1.807) is 0 Å². The van der Waals surface area contributed by atoms with Gasteiger partial charge in [0, 0.05) is 23.4 Å². The summed E-state index contributed by atoms with van der Waals surface area (Å²) in [5.41, 5.74) is 1.37. The molecule has 0 spiro atoms. The standard InChI is InChI=1S/C15H21ClN2O.ClH/c1-17-9-3-6-14(19)18-11-15(7-8-15)12-4-2-5-13(16)10-12;/h2,4-5,10,17H,3,6-9,11H2,1H3,(H,18,19);1H. The zero-order valence-electron chi connectivity index (χ0n) is 11.7. The third-order valence-corrected chi connectivity index (χ3v) is 3.98. The normalized spacial score (nSPS) is 15.3. The fourth-order valence-corrected chi connectivity index (χ4v) is 2.51. The second kappa shape index (κ2) is 7.87. The fraction of sp³-hybridized carbons (Fsp3) is 0.533. The van der Waals surface area contributed by atoms with Gasteiger partial charge in [-0.15, -0.1) is 12.4 Å². The third-order valence-electron chi connectivity index (χ3n) is 3.75. The molecule has 0 atom stereocenters. The molecule has 1 aromatic rings. The highest BCUT2D eigenvalue weighted by Crippen LogP contribution is 2.48. The van der Waals surface area contributed by atoms with Crippen LogP contribution in [-0.4, -0.2) is 26.0 Å². The first-order valence-electron chi connectivity index (χ1n) is 6.84. The maximum Gasteiger partial charge on any atom is 0.220 e. The number of benzene rings is 1. The number of carbonyl (C=O) groups excluding carboxylic acids is 1. The average Bonchev–Trinajstić information content (AvgIpc) is 3.18. The zero-order valence-corrected chi connectivity index (χ0v) is 13.3. The van der Waals surface area contributed by atoms with E-state index < -0.39 is 0 Å². The van der Waals surface area contributed by atoms with Gasteiger partial charge in [0.05, 0.1) is 0 Å². The van der Waals surface area contributed by atoms with Gasteiger partial charge >= 0.3 is 0 Å². The van der Waals surface area contributed by atoms with Crippen LogP contribution in [-0.2, 0) is 10.2 Å². The van der Waals surface area contributed by atoms with E-state index in [1.807, 2.05) is 25.2 Å². The number of nitrogens with one attached hydrogen (secondary N) is 2. The van der Waals surface area contributed by atoms with Crippen LogP contribution >= 0.6 is 24.0 Å². The Labute approximate surface area is 131 Å². The van der Waals surface area contributed by atoms with Crippen molar-refractivity contribution in [2.24, 2.45) is 0 Å². The number of rotatable bonds is 7. The van der Waals surface area contributed by atoms with Crippen molar-refractivity contribution in [2.45, 2.75) is 31.1 Å². The van der Waals surface area contributed by atoms with Gasteiger partial charge in [-0.05, 0) is 50.6 Å². The maximum absolute atomic E-state index is 11.7. The second-order valence-corrected chi connectivity index (χ2v) is 5.71. The van der Waals surface area contributed by atoms with Gasteiger partial charge in [0.1, 0.15) is 0 Å². The van der Waals surface area contributed by atoms with Gasteiger partial charge in [0.25, 0.3) is 0 Å². The van der Waals surface area contributed by atoms with Crippen LogP contribution in [0.4, 0.5) is 0 Å². The Morgan fingerprint density at radius 1 is 1.40 bits per heavy atom. The summed E-state index contributed by atoms with van der Waals surface area (Å²) in [6.07, 6.45) is 3.73. The summed E-state index contributed by atoms with van der Waals surface area (Å²) in [4.78, 5) is 11.7. The van der Waals surface area contributed by atoms with Gasteiger partial charge in [-0.3, -0.25) is 4.79 Å². The van der Waals surface area contributed by atoms with Gasteiger partial charge in [0.2, 0.25) is 5.91 Å². The Balaban J connectivity index is 0.00000200. The Bertz CT molecular complexity index is 447. The van der Waals surface area contributed by atoms with Gasteiger partial charge in [0.15, 0.2) is 0 Å². The molecule has 1 amide bonds. The molecule has 20 heavy (non-hydrogen) atoms. The molecular formula is C15H22Cl2N2O. The zero-order chi connectivity index (χ0) is 13.7. The Hall–Kier alpha value is -0.770. The monoisotopic (exact) mass is 316 g/mol. The van der Waals surface area contributed by atoms with Crippen LogP contribution in [0.15, 0.2) is 24.3 Å². The predicted octanol–water partition coefficient (Wildman–Crippen LogP) is 2.91. The maximum atomic E-state index is 11.7. The molecule has 0 bridgehead atoms. The summed E-state index contributed by atoms with van der Waals surface area (Å²) < 4.78 is 0. The van der Waals surface area contributed by atoms with E-state index in [4.69, 9.17) is 11.6 Å². The molecule has 3 nitrogen and oxygen atoms in total. The minimum Gasteiger partial charge on any atom is -0.355 e. The van der Waals surface area contributed by atoms with Gasteiger partial charge in [-0.25, -0.2) is 0 Å². The third kappa shape index (κ3) is 4.65. The minimum atomic E-state index is 0. The molecule has 2 N–H and O–H groups in total. The largest absolute Gasteiger partial charge is 0.355 e. The highest BCUT2D eigenvalue weighted by Gasteiger charge is 2.44. The summed E-state index contributed by atoms with van der Waals surface area (Å²) in [5.74, 6) is 0.142. The van der Waals surface area contributed by atoms with Crippen molar-refractivity contribution >= 4 is 29.9 Å². The molecule has 0 aliphatic heterocycles. The summed E-state index contributed by atoms with van der Waals surface area (Å²) in [6, 6.07) is 7.98. The van der Waals surface area contributed by atoms with Crippen LogP contribution in [0.5, 0.6) is 0 Å². The average molecular weight is 317 g/mol.